The molecule has 0 N–H and O–H groups in total. The summed E-state index contributed by atoms with van der Waals surface area (Å²) >= 11 is 5.17. The van der Waals surface area contributed by atoms with E-state index in [4.69, 9.17) is 25.8 Å². The molecule has 0 aliphatic heterocycles. The molecule has 21 heavy (non-hydrogen) atoms. The summed E-state index contributed by atoms with van der Waals surface area (Å²) in [6.07, 6.45) is 0.376. The van der Waals surface area contributed by atoms with Gasteiger partial charge in [-0.3, -0.25) is 19.2 Å². The number of rotatable bonds is 10. The number of carbonyl (C=O) groups is 4. The maximum Gasteiger partial charge on any atom is 0.306 e. The minimum atomic E-state index is -0.847. The maximum absolute atomic E-state index is 11.6. The molecule has 0 aromatic carbocycles. The van der Waals surface area contributed by atoms with Crippen molar-refractivity contribution in [1.82, 2.24) is 0 Å². The summed E-state index contributed by atoms with van der Waals surface area (Å²) < 4.78 is 14.5. The van der Waals surface area contributed by atoms with Crippen molar-refractivity contribution in [3.05, 3.63) is 0 Å². The first kappa shape index (κ1) is 19.4. The van der Waals surface area contributed by atoms with Crippen molar-refractivity contribution < 1.29 is 33.4 Å². The Morgan fingerprint density at radius 3 is 1.81 bits per heavy atom. The molecule has 0 aliphatic rings. The Balaban J connectivity index is 4.10. The van der Waals surface area contributed by atoms with E-state index in [9.17, 15) is 19.2 Å². The second-order valence-electron chi connectivity index (χ2n) is 4.28. The van der Waals surface area contributed by atoms with Gasteiger partial charge in [-0.1, -0.05) is 0 Å². The van der Waals surface area contributed by atoms with Gasteiger partial charge in [-0.2, -0.15) is 0 Å². The van der Waals surface area contributed by atoms with Gasteiger partial charge in [0.1, 0.15) is 13.2 Å². The topological polar surface area (TPSA) is 96.0 Å². The zero-order valence-corrected chi connectivity index (χ0v) is 12.8. The highest BCUT2D eigenvalue weighted by Gasteiger charge is 2.17. The molecule has 0 aromatic rings. The largest absolute Gasteiger partial charge is 0.462 e. The number of ether oxygens (including phenoxy) is 3. The highest BCUT2D eigenvalue weighted by atomic mass is 35.5. The summed E-state index contributed by atoms with van der Waals surface area (Å²) in [4.78, 5) is 43.5. The van der Waals surface area contributed by atoms with E-state index in [1.54, 1.807) is 0 Å². The first-order valence-electron chi connectivity index (χ1n) is 6.45. The fourth-order valence-electron chi connectivity index (χ4n) is 1.31. The van der Waals surface area contributed by atoms with E-state index in [0.717, 1.165) is 0 Å². The molecule has 0 unspecified atom stereocenters. The van der Waals surface area contributed by atoms with Crippen LogP contribution in [0.1, 0.15) is 39.5 Å². The molecule has 0 bridgehead atoms. The highest BCUT2D eigenvalue weighted by molar-refractivity contribution is 6.63. The van der Waals surface area contributed by atoms with Gasteiger partial charge >= 0.3 is 17.9 Å². The molecule has 0 atom stereocenters. The number of esters is 3. The number of hydrogen-bond donors (Lipinski definition) is 0. The van der Waals surface area contributed by atoms with E-state index >= 15 is 0 Å². The molecular weight excluding hydrogens is 304 g/mol. The minimum Gasteiger partial charge on any atom is -0.462 e. The Labute approximate surface area is 127 Å². The molecule has 120 valence electrons. The Bertz CT molecular complexity index is 363. The lowest BCUT2D eigenvalue weighted by Crippen LogP contribution is -2.30. The van der Waals surface area contributed by atoms with Gasteiger partial charge in [0, 0.05) is 26.7 Å². The summed E-state index contributed by atoms with van der Waals surface area (Å²) in [5.74, 6) is -1.58. The van der Waals surface area contributed by atoms with Crippen LogP contribution in [0.15, 0.2) is 0 Å². The van der Waals surface area contributed by atoms with Crippen LogP contribution < -0.4 is 0 Å². The third kappa shape index (κ3) is 13.1. The molecule has 0 amide bonds. The Morgan fingerprint density at radius 2 is 1.38 bits per heavy atom. The zero-order chi connectivity index (χ0) is 16.3. The molecule has 0 fully saturated rings. The summed E-state index contributed by atoms with van der Waals surface area (Å²) in [5.41, 5.74) is 0. The molecule has 0 saturated carbocycles. The molecule has 8 heteroatoms. The fraction of sp³-hybridized carbons (Fsp3) is 0.692. The van der Waals surface area contributed by atoms with Crippen molar-refractivity contribution in [2.24, 2.45) is 0 Å². The quantitative estimate of drug-likeness (QED) is 0.259. The van der Waals surface area contributed by atoms with Gasteiger partial charge in [0.2, 0.25) is 5.24 Å². The Hall–Kier alpha value is -1.63. The molecule has 0 saturated heterocycles. The predicted octanol–water partition coefficient (Wildman–Crippen LogP) is 1.35. The van der Waals surface area contributed by atoms with Crippen molar-refractivity contribution in [3.8, 4) is 0 Å². The van der Waals surface area contributed by atoms with Crippen LogP contribution in [0.2, 0.25) is 0 Å². The van der Waals surface area contributed by atoms with Crippen molar-refractivity contribution in [2.45, 2.75) is 45.6 Å². The Kier molecular flexibility index (Phi) is 10.2. The van der Waals surface area contributed by atoms with E-state index in [1.165, 1.54) is 13.8 Å². The molecule has 0 aromatic heterocycles. The maximum atomic E-state index is 11.6. The summed E-state index contributed by atoms with van der Waals surface area (Å²) in [5, 5.41) is -0.453. The molecule has 7 nitrogen and oxygen atoms in total. The molecule has 0 spiro atoms. The third-order valence-corrected chi connectivity index (χ3v) is 2.44. The van der Waals surface area contributed by atoms with Crippen molar-refractivity contribution in [3.63, 3.8) is 0 Å². The van der Waals surface area contributed by atoms with Gasteiger partial charge < -0.3 is 14.2 Å². The van der Waals surface area contributed by atoms with Crippen LogP contribution >= 0.6 is 11.6 Å². The number of unbranched alkanes of at least 4 members (excludes halogenated alkanes) is 1. The van der Waals surface area contributed by atoms with E-state index in [-0.39, 0.29) is 26.1 Å². The van der Waals surface area contributed by atoms with Crippen LogP contribution in [0.25, 0.3) is 0 Å². The van der Waals surface area contributed by atoms with Crippen LogP contribution in [0.5, 0.6) is 0 Å². The minimum absolute atomic E-state index is 0.0980. The van der Waals surface area contributed by atoms with Crippen molar-refractivity contribution in [2.75, 3.05) is 13.2 Å². The second kappa shape index (κ2) is 11.1. The summed E-state index contributed by atoms with van der Waals surface area (Å²) in [7, 11) is 0. The van der Waals surface area contributed by atoms with Crippen LogP contribution in [0.4, 0.5) is 0 Å². The van der Waals surface area contributed by atoms with Crippen molar-refractivity contribution in [1.29, 1.82) is 0 Å². The van der Waals surface area contributed by atoms with Crippen LogP contribution in [-0.4, -0.2) is 42.5 Å². The molecule has 0 heterocycles. The van der Waals surface area contributed by atoms with Gasteiger partial charge in [0.25, 0.3) is 0 Å². The van der Waals surface area contributed by atoms with Gasteiger partial charge in [-0.15, -0.1) is 0 Å². The number of halogens is 1. The first-order valence-corrected chi connectivity index (χ1v) is 6.83. The van der Waals surface area contributed by atoms with E-state index in [1.807, 2.05) is 0 Å². The Morgan fingerprint density at radius 1 is 0.905 bits per heavy atom. The lowest BCUT2D eigenvalue weighted by atomic mass is 10.2. The third-order valence-electron chi connectivity index (χ3n) is 2.25. The standard InChI is InChI=1S/C13H19ClO7/c1-9(15)19-7-11(8-20-10(2)16)21-13(18)6-4-3-5-12(14)17/h11H,3-8H2,1-2H3. The van der Waals surface area contributed by atoms with E-state index < -0.39 is 29.3 Å². The molecule has 0 aliphatic carbocycles. The average Bonchev–Trinajstić information content (AvgIpc) is 2.37. The normalized spacial score (nSPS) is 10.1. The van der Waals surface area contributed by atoms with E-state index in [0.29, 0.717) is 12.8 Å². The van der Waals surface area contributed by atoms with Crippen LogP contribution in [-0.2, 0) is 33.4 Å². The molecule has 0 radical (unpaired) electrons. The smallest absolute Gasteiger partial charge is 0.306 e. The first-order chi connectivity index (χ1) is 9.81. The summed E-state index contributed by atoms with van der Waals surface area (Å²) in [6, 6.07) is 0. The van der Waals surface area contributed by atoms with Gasteiger partial charge in [0.05, 0.1) is 0 Å². The number of carbonyl (C=O) groups excluding carboxylic acids is 4. The van der Waals surface area contributed by atoms with Crippen LogP contribution in [0, 0.1) is 0 Å². The number of hydrogen-bond acceptors (Lipinski definition) is 7. The lowest BCUT2D eigenvalue weighted by molar-refractivity contribution is -0.165. The SMILES string of the molecule is CC(=O)OCC(COC(C)=O)OC(=O)CCCCC(=O)Cl. The molecule has 0 rings (SSSR count). The fourth-order valence-corrected chi connectivity index (χ4v) is 1.45. The highest BCUT2D eigenvalue weighted by Crippen LogP contribution is 2.06. The van der Waals surface area contributed by atoms with E-state index in [2.05, 4.69) is 0 Å². The van der Waals surface area contributed by atoms with Gasteiger partial charge in [-0.25, -0.2) is 0 Å². The molecular formula is C13H19ClO7. The lowest BCUT2D eigenvalue weighted by Gasteiger charge is -2.17. The zero-order valence-electron chi connectivity index (χ0n) is 12.1. The monoisotopic (exact) mass is 322 g/mol. The van der Waals surface area contributed by atoms with Crippen LogP contribution in [0.3, 0.4) is 0 Å². The van der Waals surface area contributed by atoms with Gasteiger partial charge in [-0.05, 0) is 24.4 Å². The summed E-state index contributed by atoms with van der Waals surface area (Å²) in [6.45, 7) is 2.06. The second-order valence-corrected chi connectivity index (χ2v) is 4.70. The van der Waals surface area contributed by atoms with Crippen molar-refractivity contribution >= 4 is 34.8 Å². The van der Waals surface area contributed by atoms with Gasteiger partial charge in [0.15, 0.2) is 6.10 Å². The predicted molar refractivity (Wildman–Crippen MR) is 72.5 cm³/mol. The average molecular weight is 323 g/mol.